The van der Waals surface area contributed by atoms with Crippen molar-refractivity contribution in [2.45, 2.75) is 316 Å². The first kappa shape index (κ1) is 52.5. The highest BCUT2D eigenvalue weighted by atomic mass is 16.5. The van der Waals surface area contributed by atoms with Crippen LogP contribution in [0.1, 0.15) is 316 Å². The summed E-state index contributed by atoms with van der Waals surface area (Å²) in [5, 5.41) is 0. The van der Waals surface area contributed by atoms with Crippen LogP contribution in [0.5, 0.6) is 0 Å². The molecule has 0 radical (unpaired) electrons. The molecule has 0 fully saturated rings. The molecule has 0 heterocycles. The maximum Gasteiger partial charge on any atom is 0.305 e. The molecule has 0 atom stereocenters. The molecule has 0 aromatic rings. The average molecular weight is 747 g/mol. The molecule has 0 aliphatic heterocycles. The number of carbonyl (C=O) groups is 1. The summed E-state index contributed by atoms with van der Waals surface area (Å²) in [6, 6.07) is 0. The van der Waals surface area contributed by atoms with Crippen molar-refractivity contribution in [3.8, 4) is 0 Å². The summed E-state index contributed by atoms with van der Waals surface area (Å²) in [4.78, 5) is 12.1. The molecule has 2 nitrogen and oxygen atoms in total. The van der Waals surface area contributed by atoms with Gasteiger partial charge >= 0.3 is 5.97 Å². The Morgan fingerprint density at radius 2 is 0.415 bits per heavy atom. The van der Waals surface area contributed by atoms with Gasteiger partial charge in [0.05, 0.1) is 6.61 Å². The summed E-state index contributed by atoms with van der Waals surface area (Å²) in [6.45, 7) is 5.24. The van der Waals surface area contributed by atoms with Gasteiger partial charge in [0.15, 0.2) is 0 Å². The fraction of sp³-hybridized carbons (Fsp3) is 0.980. The lowest BCUT2D eigenvalue weighted by molar-refractivity contribution is -0.143. The van der Waals surface area contributed by atoms with E-state index in [-0.39, 0.29) is 5.97 Å². The minimum absolute atomic E-state index is 0.0345. The van der Waals surface area contributed by atoms with E-state index in [1.54, 1.807) is 0 Å². The Hall–Kier alpha value is -0.530. The zero-order chi connectivity index (χ0) is 38.2. The second-order valence-electron chi connectivity index (χ2n) is 17.5. The number of rotatable bonds is 48. The monoisotopic (exact) mass is 747 g/mol. The Kier molecular flexibility index (Phi) is 49.0. The molecule has 0 aliphatic rings. The van der Waals surface area contributed by atoms with Gasteiger partial charge in [-0.1, -0.05) is 296 Å². The van der Waals surface area contributed by atoms with Crippen molar-refractivity contribution in [1.29, 1.82) is 0 Å². The first-order chi connectivity index (χ1) is 26.3. The van der Waals surface area contributed by atoms with E-state index in [4.69, 9.17) is 4.74 Å². The van der Waals surface area contributed by atoms with E-state index in [1.807, 2.05) is 0 Å². The lowest BCUT2D eigenvalue weighted by atomic mass is 10.0. The van der Waals surface area contributed by atoms with Gasteiger partial charge in [-0.3, -0.25) is 4.79 Å². The molecule has 0 N–H and O–H groups in total. The Balaban J connectivity index is 3.14. The van der Waals surface area contributed by atoms with Crippen LogP contribution in [0.25, 0.3) is 0 Å². The van der Waals surface area contributed by atoms with Gasteiger partial charge in [-0.15, -0.1) is 0 Å². The van der Waals surface area contributed by atoms with Crippen LogP contribution in [-0.4, -0.2) is 12.6 Å². The number of unbranched alkanes of at least 4 members (excludes halogenated alkanes) is 44. The van der Waals surface area contributed by atoms with Crippen molar-refractivity contribution in [3.63, 3.8) is 0 Å². The number of hydrogen-bond acceptors (Lipinski definition) is 2. The largest absolute Gasteiger partial charge is 0.466 e. The third-order valence-electron chi connectivity index (χ3n) is 12.0. The zero-order valence-electron chi connectivity index (χ0n) is 37.3. The summed E-state index contributed by atoms with van der Waals surface area (Å²) < 4.78 is 5.50. The predicted octanol–water partition coefficient (Wildman–Crippen LogP) is 18.9. The molecule has 0 aromatic heterocycles. The minimum Gasteiger partial charge on any atom is -0.466 e. The first-order valence-electron chi connectivity index (χ1n) is 25.5. The van der Waals surface area contributed by atoms with E-state index in [0.29, 0.717) is 13.0 Å². The van der Waals surface area contributed by atoms with Crippen molar-refractivity contribution in [3.05, 3.63) is 0 Å². The van der Waals surface area contributed by atoms with Crippen LogP contribution in [0.2, 0.25) is 0 Å². The van der Waals surface area contributed by atoms with Crippen LogP contribution < -0.4 is 0 Å². The normalized spacial score (nSPS) is 11.5. The SMILES string of the molecule is CCCCCCCCCCCCCCCCCCCCCCCCCCOC(=O)CCCCCCCCCCCCCCCCCCCCCCCC. The highest BCUT2D eigenvalue weighted by Crippen LogP contribution is 2.18. The quantitative estimate of drug-likeness (QED) is 0.0458. The molecule has 0 unspecified atom stereocenters. The number of hydrogen-bond donors (Lipinski definition) is 0. The van der Waals surface area contributed by atoms with Crippen molar-refractivity contribution in [1.82, 2.24) is 0 Å². The van der Waals surface area contributed by atoms with Gasteiger partial charge in [-0.25, -0.2) is 0 Å². The number of carbonyl (C=O) groups excluding carboxylic acids is 1. The van der Waals surface area contributed by atoms with Crippen LogP contribution in [-0.2, 0) is 9.53 Å². The summed E-state index contributed by atoms with van der Waals surface area (Å²) in [5.41, 5.74) is 0. The van der Waals surface area contributed by atoms with Crippen LogP contribution >= 0.6 is 0 Å². The number of esters is 1. The topological polar surface area (TPSA) is 26.3 Å². The molecule has 0 bridgehead atoms. The van der Waals surface area contributed by atoms with Gasteiger partial charge < -0.3 is 4.74 Å². The molecule has 0 saturated carbocycles. The van der Waals surface area contributed by atoms with E-state index >= 15 is 0 Å². The van der Waals surface area contributed by atoms with Crippen molar-refractivity contribution < 1.29 is 9.53 Å². The fourth-order valence-corrected chi connectivity index (χ4v) is 8.20. The Labute approximate surface area is 336 Å². The lowest BCUT2D eigenvalue weighted by Crippen LogP contribution is -2.05. The summed E-state index contributed by atoms with van der Waals surface area (Å²) in [5.74, 6) is 0.0345. The number of ether oxygens (including phenoxy) is 1. The van der Waals surface area contributed by atoms with Crippen LogP contribution in [0.4, 0.5) is 0 Å². The van der Waals surface area contributed by atoms with E-state index in [1.165, 1.54) is 283 Å². The molecular weight excluding hydrogens is 645 g/mol. The molecule has 2 heteroatoms. The van der Waals surface area contributed by atoms with E-state index < -0.39 is 0 Å². The van der Waals surface area contributed by atoms with Gasteiger partial charge in [0.2, 0.25) is 0 Å². The fourth-order valence-electron chi connectivity index (χ4n) is 8.20. The van der Waals surface area contributed by atoms with Crippen molar-refractivity contribution >= 4 is 5.97 Å². The Morgan fingerprint density at radius 3 is 0.623 bits per heavy atom. The Bertz CT molecular complexity index is 644. The van der Waals surface area contributed by atoms with Crippen LogP contribution in [0, 0.1) is 0 Å². The van der Waals surface area contributed by atoms with Gasteiger partial charge in [0, 0.05) is 6.42 Å². The summed E-state index contributed by atoms with van der Waals surface area (Å²) in [7, 11) is 0. The summed E-state index contributed by atoms with van der Waals surface area (Å²) in [6.07, 6.45) is 65.3. The molecule has 0 aromatic carbocycles. The zero-order valence-corrected chi connectivity index (χ0v) is 37.3. The maximum atomic E-state index is 12.1. The van der Waals surface area contributed by atoms with Gasteiger partial charge in [-0.2, -0.15) is 0 Å². The lowest BCUT2D eigenvalue weighted by Gasteiger charge is -2.06. The Morgan fingerprint density at radius 1 is 0.245 bits per heavy atom. The van der Waals surface area contributed by atoms with Crippen LogP contribution in [0.15, 0.2) is 0 Å². The van der Waals surface area contributed by atoms with E-state index in [0.717, 1.165) is 12.8 Å². The third kappa shape index (κ3) is 49.5. The van der Waals surface area contributed by atoms with Crippen molar-refractivity contribution in [2.24, 2.45) is 0 Å². The minimum atomic E-state index is 0.0345. The molecule has 53 heavy (non-hydrogen) atoms. The molecule has 0 amide bonds. The highest BCUT2D eigenvalue weighted by molar-refractivity contribution is 5.69. The molecular formula is C51H102O2. The van der Waals surface area contributed by atoms with Gasteiger partial charge in [0.25, 0.3) is 0 Å². The summed E-state index contributed by atoms with van der Waals surface area (Å²) >= 11 is 0. The predicted molar refractivity (Wildman–Crippen MR) is 239 cm³/mol. The van der Waals surface area contributed by atoms with E-state index in [9.17, 15) is 4.79 Å². The van der Waals surface area contributed by atoms with Gasteiger partial charge in [0.1, 0.15) is 0 Å². The van der Waals surface area contributed by atoms with Crippen molar-refractivity contribution in [2.75, 3.05) is 6.61 Å². The molecule has 0 aliphatic carbocycles. The van der Waals surface area contributed by atoms with E-state index in [2.05, 4.69) is 13.8 Å². The second kappa shape index (κ2) is 49.5. The van der Waals surface area contributed by atoms with Crippen LogP contribution in [0.3, 0.4) is 0 Å². The maximum absolute atomic E-state index is 12.1. The molecule has 0 rings (SSSR count). The highest BCUT2D eigenvalue weighted by Gasteiger charge is 2.03. The third-order valence-corrected chi connectivity index (χ3v) is 12.0. The molecule has 0 saturated heterocycles. The second-order valence-corrected chi connectivity index (χ2v) is 17.5. The van der Waals surface area contributed by atoms with Gasteiger partial charge in [-0.05, 0) is 12.8 Å². The average Bonchev–Trinajstić information content (AvgIpc) is 3.16. The molecule has 0 spiro atoms. The smallest absolute Gasteiger partial charge is 0.305 e. The standard InChI is InChI=1S/C51H102O2/c1-3-5-7-9-11-13-15-17-19-21-23-25-27-28-30-32-34-36-38-40-42-44-46-48-50-53-51(52)49-47-45-43-41-39-37-35-33-31-29-26-24-22-20-18-16-14-12-10-8-6-4-2/h3-50H2,1-2H3. The first-order valence-corrected chi connectivity index (χ1v) is 25.5. The molecule has 318 valence electrons.